The molecule has 0 atom stereocenters. The molecular formula is C8H13ClN2S2. The molecule has 0 radical (unpaired) electrons. The molecule has 0 saturated carbocycles. The van der Waals surface area contributed by atoms with Crippen LogP contribution in [-0.2, 0) is 6.42 Å². The average molecular weight is 237 g/mol. The third kappa shape index (κ3) is 4.29. The number of hydrogen-bond donors (Lipinski definition) is 0. The molecule has 0 amide bonds. The summed E-state index contributed by atoms with van der Waals surface area (Å²) in [5.74, 6) is 2.83. The van der Waals surface area contributed by atoms with E-state index in [9.17, 15) is 0 Å². The minimum absolute atomic E-state index is 0.761. The number of rotatable bonds is 6. The normalized spacial score (nSPS) is 10.6. The smallest absolute Gasteiger partial charge is 0.170 e. The first-order chi connectivity index (χ1) is 6.36. The molecule has 0 aliphatic carbocycles. The van der Waals surface area contributed by atoms with Crippen LogP contribution in [0.15, 0.2) is 4.34 Å². The van der Waals surface area contributed by atoms with Gasteiger partial charge in [0.05, 0.1) is 0 Å². The molecule has 0 aliphatic heterocycles. The quantitative estimate of drug-likeness (QED) is 0.431. The Morgan fingerprint density at radius 1 is 1.46 bits per heavy atom. The number of nitrogens with zero attached hydrogens (tertiary/aromatic N) is 2. The summed E-state index contributed by atoms with van der Waals surface area (Å²) in [6.07, 6.45) is 3.18. The lowest BCUT2D eigenvalue weighted by atomic mass is 10.4. The Labute approximate surface area is 92.3 Å². The van der Waals surface area contributed by atoms with Gasteiger partial charge in [-0.25, -0.2) is 4.98 Å². The molecule has 0 aliphatic rings. The van der Waals surface area contributed by atoms with Crippen LogP contribution in [-0.4, -0.2) is 21.0 Å². The van der Waals surface area contributed by atoms with E-state index in [4.69, 9.17) is 11.6 Å². The molecule has 1 heterocycles. The van der Waals surface area contributed by atoms with Gasteiger partial charge in [0.25, 0.3) is 0 Å². The van der Waals surface area contributed by atoms with Gasteiger partial charge in [0.2, 0.25) is 0 Å². The lowest BCUT2D eigenvalue weighted by molar-refractivity contribution is 0.901. The molecule has 0 saturated heterocycles. The number of alkyl halides is 1. The summed E-state index contributed by atoms with van der Waals surface area (Å²) in [6, 6.07) is 0. The van der Waals surface area contributed by atoms with E-state index in [-0.39, 0.29) is 0 Å². The fourth-order valence-electron chi connectivity index (χ4n) is 0.796. The second kappa shape index (κ2) is 6.62. The molecule has 74 valence electrons. The molecule has 0 unspecified atom stereocenters. The molecule has 0 N–H and O–H groups in total. The molecule has 5 heteroatoms. The van der Waals surface area contributed by atoms with E-state index in [1.165, 1.54) is 11.5 Å². The predicted molar refractivity (Wildman–Crippen MR) is 60.0 cm³/mol. The van der Waals surface area contributed by atoms with Gasteiger partial charge in [-0.15, -0.1) is 11.6 Å². The van der Waals surface area contributed by atoms with Crippen LogP contribution < -0.4 is 0 Å². The van der Waals surface area contributed by atoms with E-state index in [0.717, 1.165) is 41.1 Å². The summed E-state index contributed by atoms with van der Waals surface area (Å²) < 4.78 is 5.31. The van der Waals surface area contributed by atoms with Crippen molar-refractivity contribution < 1.29 is 0 Å². The molecule has 2 nitrogen and oxygen atoms in total. The van der Waals surface area contributed by atoms with Crippen molar-refractivity contribution in [3.05, 3.63) is 5.82 Å². The molecule has 13 heavy (non-hydrogen) atoms. The van der Waals surface area contributed by atoms with Crippen LogP contribution >= 0.6 is 34.9 Å². The Morgan fingerprint density at radius 2 is 2.31 bits per heavy atom. The minimum Gasteiger partial charge on any atom is -0.213 e. The molecule has 1 rings (SSSR count). The molecular weight excluding hydrogens is 224 g/mol. The maximum atomic E-state index is 5.58. The third-order valence-electron chi connectivity index (χ3n) is 1.52. The van der Waals surface area contributed by atoms with Crippen molar-refractivity contribution in [2.45, 2.75) is 30.5 Å². The highest BCUT2D eigenvalue weighted by molar-refractivity contribution is 8.00. The number of thioether (sulfide) groups is 1. The maximum Gasteiger partial charge on any atom is 0.170 e. The van der Waals surface area contributed by atoms with Gasteiger partial charge in [-0.1, -0.05) is 18.7 Å². The minimum atomic E-state index is 0.761. The van der Waals surface area contributed by atoms with Gasteiger partial charge in [0.15, 0.2) is 4.34 Å². The highest BCUT2D eigenvalue weighted by atomic mass is 35.5. The fourth-order valence-corrected chi connectivity index (χ4v) is 2.75. The molecule has 0 bridgehead atoms. The highest BCUT2D eigenvalue weighted by Gasteiger charge is 2.01. The summed E-state index contributed by atoms with van der Waals surface area (Å²) >= 11 is 8.86. The zero-order chi connectivity index (χ0) is 9.52. The van der Waals surface area contributed by atoms with Gasteiger partial charge >= 0.3 is 0 Å². The van der Waals surface area contributed by atoms with Crippen LogP contribution in [0.4, 0.5) is 0 Å². The number of hydrogen-bond acceptors (Lipinski definition) is 4. The van der Waals surface area contributed by atoms with Crippen LogP contribution in [0.2, 0.25) is 0 Å². The standard InChI is InChI=1S/C8H13ClN2S2/c1-2-7-10-8(13-11-7)12-6-4-3-5-9/h2-6H2,1H3. The van der Waals surface area contributed by atoms with Gasteiger partial charge in [-0.05, 0) is 24.4 Å². The van der Waals surface area contributed by atoms with E-state index >= 15 is 0 Å². The van der Waals surface area contributed by atoms with Crippen molar-refractivity contribution in [2.75, 3.05) is 11.6 Å². The van der Waals surface area contributed by atoms with Crippen LogP contribution in [0, 0.1) is 0 Å². The molecule has 0 fully saturated rings. The van der Waals surface area contributed by atoms with Crippen LogP contribution in [0.25, 0.3) is 0 Å². The number of halogens is 1. The Bertz CT molecular complexity index is 240. The monoisotopic (exact) mass is 236 g/mol. The Hall–Kier alpha value is 0.200. The van der Waals surface area contributed by atoms with E-state index in [0.29, 0.717) is 0 Å². The maximum absolute atomic E-state index is 5.58. The summed E-state index contributed by atoms with van der Waals surface area (Å²) in [7, 11) is 0. The number of unbranched alkanes of at least 4 members (excludes halogenated alkanes) is 1. The Balaban J connectivity index is 2.20. The summed E-state index contributed by atoms with van der Waals surface area (Å²) in [5.41, 5.74) is 0. The summed E-state index contributed by atoms with van der Waals surface area (Å²) in [5, 5.41) is 0. The third-order valence-corrected chi connectivity index (χ3v) is 3.74. The van der Waals surface area contributed by atoms with Crippen molar-refractivity contribution in [3.8, 4) is 0 Å². The van der Waals surface area contributed by atoms with Gasteiger partial charge in [-0.3, -0.25) is 0 Å². The van der Waals surface area contributed by atoms with Crippen molar-refractivity contribution >= 4 is 34.9 Å². The zero-order valence-electron chi connectivity index (χ0n) is 7.62. The van der Waals surface area contributed by atoms with Crippen LogP contribution in [0.1, 0.15) is 25.6 Å². The average Bonchev–Trinajstić information content (AvgIpc) is 2.60. The molecule has 0 spiro atoms. The zero-order valence-corrected chi connectivity index (χ0v) is 10.0. The van der Waals surface area contributed by atoms with Crippen molar-refractivity contribution in [1.82, 2.24) is 9.36 Å². The van der Waals surface area contributed by atoms with Crippen LogP contribution in [0.5, 0.6) is 0 Å². The topological polar surface area (TPSA) is 25.8 Å². The van der Waals surface area contributed by atoms with Crippen molar-refractivity contribution in [3.63, 3.8) is 0 Å². The molecule has 1 aromatic heterocycles. The van der Waals surface area contributed by atoms with Gasteiger partial charge in [0.1, 0.15) is 5.82 Å². The molecule has 0 aromatic carbocycles. The van der Waals surface area contributed by atoms with Gasteiger partial charge in [0, 0.05) is 18.1 Å². The van der Waals surface area contributed by atoms with Gasteiger partial charge < -0.3 is 0 Å². The second-order valence-corrected chi connectivity index (χ2v) is 5.05. The second-order valence-electron chi connectivity index (χ2n) is 2.57. The predicted octanol–water partition coefficient (Wildman–Crippen LogP) is 3.21. The van der Waals surface area contributed by atoms with Crippen molar-refractivity contribution in [1.29, 1.82) is 0 Å². The lowest BCUT2D eigenvalue weighted by Gasteiger charge is -1.93. The SMILES string of the molecule is CCc1nsc(SCCCCCl)n1. The van der Waals surface area contributed by atoms with E-state index < -0.39 is 0 Å². The van der Waals surface area contributed by atoms with Gasteiger partial charge in [-0.2, -0.15) is 4.37 Å². The molecule has 1 aromatic rings. The first kappa shape index (κ1) is 11.3. The van der Waals surface area contributed by atoms with E-state index in [1.54, 1.807) is 11.8 Å². The summed E-state index contributed by atoms with van der Waals surface area (Å²) in [6.45, 7) is 2.07. The first-order valence-corrected chi connectivity index (χ1v) is 6.67. The lowest BCUT2D eigenvalue weighted by Crippen LogP contribution is -1.83. The Kier molecular flexibility index (Phi) is 5.75. The largest absolute Gasteiger partial charge is 0.213 e. The number of aryl methyl sites for hydroxylation is 1. The number of aromatic nitrogens is 2. The van der Waals surface area contributed by atoms with E-state index in [2.05, 4.69) is 16.3 Å². The summed E-state index contributed by atoms with van der Waals surface area (Å²) in [4.78, 5) is 4.36. The highest BCUT2D eigenvalue weighted by Crippen LogP contribution is 2.21. The fraction of sp³-hybridized carbons (Fsp3) is 0.750. The Morgan fingerprint density at radius 3 is 2.92 bits per heavy atom. The van der Waals surface area contributed by atoms with Crippen LogP contribution in [0.3, 0.4) is 0 Å². The first-order valence-electron chi connectivity index (χ1n) is 4.38. The van der Waals surface area contributed by atoms with Crippen molar-refractivity contribution in [2.24, 2.45) is 0 Å². The van der Waals surface area contributed by atoms with E-state index in [1.807, 2.05) is 0 Å².